The first-order valence-corrected chi connectivity index (χ1v) is 8.20. The zero-order valence-corrected chi connectivity index (χ0v) is 13.0. The summed E-state index contributed by atoms with van der Waals surface area (Å²) in [5.41, 5.74) is 2.07. The van der Waals surface area contributed by atoms with Crippen molar-refractivity contribution in [1.29, 1.82) is 0 Å². The summed E-state index contributed by atoms with van der Waals surface area (Å²) >= 11 is 0. The Morgan fingerprint density at radius 3 is 2.23 bits per heavy atom. The second-order valence-corrected chi connectivity index (χ2v) is 6.42. The standard InChI is InChI=1S/C18H22N4/c1-2-21-10-15-12-22(13-16(15)11-21)18-9-8-17(19-20-18)14-6-4-3-5-7-14/h3-9,15-16H,2,10-13H2,1H3. The molecule has 0 saturated carbocycles. The highest BCUT2D eigenvalue weighted by Crippen LogP contribution is 2.33. The third kappa shape index (κ3) is 2.48. The van der Waals surface area contributed by atoms with E-state index in [0.717, 1.165) is 42.0 Å². The molecule has 2 aliphatic heterocycles. The molecule has 0 aliphatic carbocycles. The van der Waals surface area contributed by atoms with Gasteiger partial charge < -0.3 is 9.80 Å². The van der Waals surface area contributed by atoms with Crippen molar-refractivity contribution < 1.29 is 0 Å². The Hall–Kier alpha value is -1.94. The van der Waals surface area contributed by atoms with E-state index in [2.05, 4.69) is 51.2 Å². The molecule has 0 N–H and O–H groups in total. The SMILES string of the molecule is CCN1CC2CN(c3ccc(-c4ccccc4)nn3)CC2C1. The molecule has 2 fully saturated rings. The van der Waals surface area contributed by atoms with E-state index in [9.17, 15) is 0 Å². The van der Waals surface area contributed by atoms with E-state index in [-0.39, 0.29) is 0 Å². The highest BCUT2D eigenvalue weighted by atomic mass is 15.3. The van der Waals surface area contributed by atoms with Crippen LogP contribution in [0.2, 0.25) is 0 Å². The molecule has 114 valence electrons. The van der Waals surface area contributed by atoms with Gasteiger partial charge in [0.2, 0.25) is 0 Å². The van der Waals surface area contributed by atoms with E-state index in [4.69, 9.17) is 0 Å². The lowest BCUT2D eigenvalue weighted by atomic mass is 10.0. The van der Waals surface area contributed by atoms with Gasteiger partial charge in [0.25, 0.3) is 0 Å². The van der Waals surface area contributed by atoms with Gasteiger partial charge in [0.05, 0.1) is 5.69 Å². The maximum absolute atomic E-state index is 4.47. The zero-order chi connectivity index (χ0) is 14.9. The number of hydrogen-bond donors (Lipinski definition) is 0. The van der Waals surface area contributed by atoms with Crippen molar-refractivity contribution in [1.82, 2.24) is 15.1 Å². The normalized spacial score (nSPS) is 24.7. The molecular formula is C18H22N4. The molecule has 0 amide bonds. The van der Waals surface area contributed by atoms with Crippen LogP contribution in [0.15, 0.2) is 42.5 Å². The fourth-order valence-electron chi connectivity index (χ4n) is 3.79. The molecule has 3 heterocycles. The molecule has 0 radical (unpaired) electrons. The topological polar surface area (TPSA) is 32.3 Å². The molecule has 1 aromatic carbocycles. The molecule has 2 aliphatic rings. The molecule has 2 atom stereocenters. The van der Waals surface area contributed by atoms with Gasteiger partial charge in [0.1, 0.15) is 0 Å². The molecule has 0 spiro atoms. The minimum absolute atomic E-state index is 0.801. The summed E-state index contributed by atoms with van der Waals surface area (Å²) in [6.07, 6.45) is 0. The minimum atomic E-state index is 0.801. The van der Waals surface area contributed by atoms with Crippen LogP contribution in [0.4, 0.5) is 5.82 Å². The molecule has 22 heavy (non-hydrogen) atoms. The lowest BCUT2D eigenvalue weighted by molar-refractivity contribution is 0.334. The third-order valence-corrected chi connectivity index (χ3v) is 5.05. The molecular weight excluding hydrogens is 272 g/mol. The van der Waals surface area contributed by atoms with Crippen LogP contribution in [-0.4, -0.2) is 47.8 Å². The van der Waals surface area contributed by atoms with Gasteiger partial charge in [-0.25, -0.2) is 0 Å². The number of fused-ring (bicyclic) bond motifs is 1. The van der Waals surface area contributed by atoms with Crippen LogP contribution in [0, 0.1) is 11.8 Å². The van der Waals surface area contributed by atoms with Gasteiger partial charge in [-0.3, -0.25) is 0 Å². The van der Waals surface area contributed by atoms with Crippen molar-refractivity contribution in [3.05, 3.63) is 42.5 Å². The first kappa shape index (κ1) is 13.7. The largest absolute Gasteiger partial charge is 0.354 e. The summed E-state index contributed by atoms with van der Waals surface area (Å²) in [6.45, 7) is 8.17. The smallest absolute Gasteiger partial charge is 0.151 e. The molecule has 4 nitrogen and oxygen atoms in total. The van der Waals surface area contributed by atoms with Crippen molar-refractivity contribution in [3.8, 4) is 11.3 Å². The maximum atomic E-state index is 4.47. The van der Waals surface area contributed by atoms with E-state index in [1.165, 1.54) is 19.6 Å². The monoisotopic (exact) mass is 294 g/mol. The number of benzene rings is 1. The van der Waals surface area contributed by atoms with Crippen molar-refractivity contribution in [2.75, 3.05) is 37.6 Å². The predicted octanol–water partition coefficient (Wildman–Crippen LogP) is 2.53. The molecule has 4 heteroatoms. The number of hydrogen-bond acceptors (Lipinski definition) is 4. The third-order valence-electron chi connectivity index (χ3n) is 5.05. The van der Waals surface area contributed by atoms with E-state index >= 15 is 0 Å². The number of nitrogens with zero attached hydrogens (tertiary/aromatic N) is 4. The summed E-state index contributed by atoms with van der Waals surface area (Å²) in [5, 5.41) is 8.88. The summed E-state index contributed by atoms with van der Waals surface area (Å²) < 4.78 is 0. The van der Waals surface area contributed by atoms with Crippen LogP contribution < -0.4 is 4.90 Å². The van der Waals surface area contributed by atoms with Gasteiger partial charge in [-0.15, -0.1) is 10.2 Å². The highest BCUT2D eigenvalue weighted by Gasteiger charge is 2.39. The average Bonchev–Trinajstić information content (AvgIpc) is 3.14. The quantitative estimate of drug-likeness (QED) is 0.871. The second kappa shape index (κ2) is 5.69. The van der Waals surface area contributed by atoms with Gasteiger partial charge in [-0.2, -0.15) is 0 Å². The summed E-state index contributed by atoms with van der Waals surface area (Å²) in [7, 11) is 0. The molecule has 2 aromatic rings. The number of anilines is 1. The number of rotatable bonds is 3. The van der Waals surface area contributed by atoms with E-state index in [0.29, 0.717) is 0 Å². The van der Waals surface area contributed by atoms with Crippen molar-refractivity contribution in [3.63, 3.8) is 0 Å². The Balaban J connectivity index is 1.47. The average molecular weight is 294 g/mol. The van der Waals surface area contributed by atoms with Crippen LogP contribution in [0.5, 0.6) is 0 Å². The zero-order valence-electron chi connectivity index (χ0n) is 13.0. The van der Waals surface area contributed by atoms with Gasteiger partial charge in [0, 0.05) is 31.7 Å². The first-order valence-electron chi connectivity index (χ1n) is 8.20. The van der Waals surface area contributed by atoms with Gasteiger partial charge in [0.15, 0.2) is 5.82 Å². The van der Waals surface area contributed by atoms with Crippen LogP contribution in [0.3, 0.4) is 0 Å². The molecule has 2 unspecified atom stereocenters. The molecule has 4 rings (SSSR count). The van der Waals surface area contributed by atoms with Crippen molar-refractivity contribution in [2.45, 2.75) is 6.92 Å². The lowest BCUT2D eigenvalue weighted by Crippen LogP contribution is -2.29. The van der Waals surface area contributed by atoms with Gasteiger partial charge in [-0.1, -0.05) is 37.3 Å². The fraction of sp³-hybridized carbons (Fsp3) is 0.444. The Morgan fingerprint density at radius 1 is 0.909 bits per heavy atom. The molecule has 1 aromatic heterocycles. The maximum Gasteiger partial charge on any atom is 0.151 e. The summed E-state index contributed by atoms with van der Waals surface area (Å²) in [6, 6.07) is 14.4. The second-order valence-electron chi connectivity index (χ2n) is 6.42. The molecule has 2 saturated heterocycles. The Morgan fingerprint density at radius 2 is 1.64 bits per heavy atom. The molecule has 0 bridgehead atoms. The number of likely N-dealkylation sites (tertiary alicyclic amines) is 1. The lowest BCUT2D eigenvalue weighted by Gasteiger charge is -2.21. The fourth-order valence-corrected chi connectivity index (χ4v) is 3.79. The van der Waals surface area contributed by atoms with Crippen LogP contribution in [-0.2, 0) is 0 Å². The Kier molecular flexibility index (Phi) is 3.54. The first-order chi connectivity index (χ1) is 10.8. The van der Waals surface area contributed by atoms with Gasteiger partial charge >= 0.3 is 0 Å². The van der Waals surface area contributed by atoms with E-state index in [1.54, 1.807) is 0 Å². The van der Waals surface area contributed by atoms with Crippen molar-refractivity contribution >= 4 is 5.82 Å². The minimum Gasteiger partial charge on any atom is -0.354 e. The van der Waals surface area contributed by atoms with Crippen LogP contribution >= 0.6 is 0 Å². The Labute approximate surface area is 131 Å². The summed E-state index contributed by atoms with van der Waals surface area (Å²) in [5.74, 6) is 2.63. The number of aromatic nitrogens is 2. The van der Waals surface area contributed by atoms with E-state index < -0.39 is 0 Å². The van der Waals surface area contributed by atoms with E-state index in [1.807, 2.05) is 18.2 Å². The van der Waals surface area contributed by atoms with Gasteiger partial charge in [-0.05, 0) is 30.5 Å². The highest BCUT2D eigenvalue weighted by molar-refractivity contribution is 5.59. The Bertz CT molecular complexity index is 611. The van der Waals surface area contributed by atoms with Crippen molar-refractivity contribution in [2.24, 2.45) is 11.8 Å². The van der Waals surface area contributed by atoms with Crippen LogP contribution in [0.1, 0.15) is 6.92 Å². The predicted molar refractivity (Wildman–Crippen MR) is 88.8 cm³/mol. The van der Waals surface area contributed by atoms with Crippen LogP contribution in [0.25, 0.3) is 11.3 Å². The summed E-state index contributed by atoms with van der Waals surface area (Å²) in [4.78, 5) is 4.97.